The highest BCUT2D eigenvalue weighted by Crippen LogP contribution is 2.37. The molecular formula is C13H14F3N. The molecule has 0 saturated heterocycles. The third kappa shape index (κ3) is 2.04. The molecule has 1 N–H and O–H groups in total. The predicted octanol–water partition coefficient (Wildman–Crippen LogP) is 4.48. The number of hydrogen-bond acceptors (Lipinski definition) is 0. The number of alkyl halides is 3. The lowest BCUT2D eigenvalue weighted by molar-refractivity contribution is -0.136. The van der Waals surface area contributed by atoms with Crippen LogP contribution in [0.15, 0.2) is 24.4 Å². The smallest absolute Gasteiger partial charge is 0.360 e. The Balaban J connectivity index is 2.74. The molecule has 1 aromatic heterocycles. The lowest BCUT2D eigenvalue weighted by Gasteiger charge is -2.17. The fraction of sp³-hybridized carbons (Fsp3) is 0.385. The summed E-state index contributed by atoms with van der Waals surface area (Å²) in [5.41, 5.74) is 0.289. The van der Waals surface area contributed by atoms with E-state index in [1.807, 2.05) is 20.8 Å². The standard InChI is InChI=1S/C13H14F3N/c1-12(2,3)10-7-17-11-8(10)5-4-6-9(11)13(14,15)16/h4-7,17H,1-3H3. The second-order valence-electron chi connectivity index (χ2n) is 5.18. The van der Waals surface area contributed by atoms with Crippen molar-refractivity contribution in [2.24, 2.45) is 0 Å². The fourth-order valence-corrected chi connectivity index (χ4v) is 2.01. The lowest BCUT2D eigenvalue weighted by Crippen LogP contribution is -2.10. The van der Waals surface area contributed by atoms with E-state index in [0.717, 1.165) is 11.6 Å². The second-order valence-corrected chi connectivity index (χ2v) is 5.18. The molecule has 0 amide bonds. The minimum Gasteiger partial charge on any atom is -0.360 e. The molecule has 0 unspecified atom stereocenters. The number of aromatic nitrogens is 1. The number of halogens is 3. The minimum absolute atomic E-state index is 0.171. The topological polar surface area (TPSA) is 15.8 Å². The van der Waals surface area contributed by atoms with Crippen molar-refractivity contribution in [3.05, 3.63) is 35.5 Å². The van der Waals surface area contributed by atoms with Gasteiger partial charge in [0.2, 0.25) is 0 Å². The van der Waals surface area contributed by atoms with E-state index < -0.39 is 11.7 Å². The second kappa shape index (κ2) is 3.52. The highest BCUT2D eigenvalue weighted by molar-refractivity contribution is 5.87. The third-order valence-electron chi connectivity index (χ3n) is 2.83. The van der Waals surface area contributed by atoms with Gasteiger partial charge in [0.05, 0.1) is 11.1 Å². The molecule has 0 aliphatic heterocycles. The van der Waals surface area contributed by atoms with Gasteiger partial charge in [-0.1, -0.05) is 32.9 Å². The molecule has 17 heavy (non-hydrogen) atoms. The number of benzene rings is 1. The van der Waals surface area contributed by atoms with Gasteiger partial charge >= 0.3 is 6.18 Å². The first-order valence-electron chi connectivity index (χ1n) is 5.39. The van der Waals surface area contributed by atoms with E-state index in [1.165, 1.54) is 6.07 Å². The number of fused-ring (bicyclic) bond motifs is 1. The number of rotatable bonds is 0. The van der Waals surface area contributed by atoms with Crippen LogP contribution in [-0.2, 0) is 11.6 Å². The van der Waals surface area contributed by atoms with Gasteiger partial charge in [-0.15, -0.1) is 0 Å². The van der Waals surface area contributed by atoms with E-state index in [-0.39, 0.29) is 10.9 Å². The minimum atomic E-state index is -4.32. The number of aromatic amines is 1. The Morgan fingerprint density at radius 2 is 1.65 bits per heavy atom. The molecule has 2 aromatic rings. The normalized spacial score (nSPS) is 13.3. The summed E-state index contributed by atoms with van der Waals surface area (Å²) in [6.45, 7) is 5.95. The van der Waals surface area contributed by atoms with Crippen LogP contribution in [0.1, 0.15) is 31.9 Å². The Bertz CT molecular complexity index is 544. The fourth-order valence-electron chi connectivity index (χ4n) is 2.01. The molecule has 1 heterocycles. The Labute approximate surface area is 97.6 Å². The summed E-state index contributed by atoms with van der Waals surface area (Å²) in [5, 5.41) is 0.646. The molecule has 0 saturated carbocycles. The third-order valence-corrected chi connectivity index (χ3v) is 2.83. The van der Waals surface area contributed by atoms with Crippen LogP contribution in [0, 0.1) is 0 Å². The van der Waals surface area contributed by atoms with Gasteiger partial charge in [-0.05, 0) is 17.0 Å². The number of para-hydroxylation sites is 1. The van der Waals surface area contributed by atoms with Crippen LogP contribution in [0.25, 0.3) is 10.9 Å². The van der Waals surface area contributed by atoms with Crippen molar-refractivity contribution >= 4 is 10.9 Å². The first-order valence-corrected chi connectivity index (χ1v) is 5.39. The average molecular weight is 241 g/mol. The Hall–Kier alpha value is -1.45. The van der Waals surface area contributed by atoms with Crippen molar-refractivity contribution in [3.63, 3.8) is 0 Å². The van der Waals surface area contributed by atoms with Gasteiger partial charge < -0.3 is 4.98 Å². The molecule has 0 atom stereocenters. The summed E-state index contributed by atoms with van der Waals surface area (Å²) < 4.78 is 38.4. The Morgan fingerprint density at radius 3 is 2.18 bits per heavy atom. The molecule has 92 valence electrons. The van der Waals surface area contributed by atoms with Gasteiger partial charge in [-0.25, -0.2) is 0 Å². The SMILES string of the molecule is CC(C)(C)c1c[nH]c2c(C(F)(F)F)cccc12. The summed E-state index contributed by atoms with van der Waals surface area (Å²) in [4.78, 5) is 2.75. The molecule has 0 bridgehead atoms. The zero-order valence-corrected chi connectivity index (χ0v) is 9.94. The van der Waals surface area contributed by atoms with Crippen molar-refractivity contribution in [1.29, 1.82) is 0 Å². The summed E-state index contributed by atoms with van der Waals surface area (Å²) >= 11 is 0. The maximum absolute atomic E-state index is 12.8. The molecule has 0 aliphatic carbocycles. The molecular weight excluding hydrogens is 227 g/mol. The van der Waals surface area contributed by atoms with E-state index in [1.54, 1.807) is 12.3 Å². The monoisotopic (exact) mass is 241 g/mol. The average Bonchev–Trinajstić information content (AvgIpc) is 2.57. The molecule has 4 heteroatoms. The van der Waals surface area contributed by atoms with Gasteiger partial charge in [-0.2, -0.15) is 13.2 Å². The zero-order valence-electron chi connectivity index (χ0n) is 9.94. The van der Waals surface area contributed by atoms with Gasteiger partial charge in [0, 0.05) is 11.6 Å². The van der Waals surface area contributed by atoms with Crippen LogP contribution in [0.3, 0.4) is 0 Å². The maximum Gasteiger partial charge on any atom is 0.418 e. The lowest BCUT2D eigenvalue weighted by atomic mass is 9.86. The molecule has 0 spiro atoms. The molecule has 0 radical (unpaired) electrons. The van der Waals surface area contributed by atoms with Crippen LogP contribution >= 0.6 is 0 Å². The van der Waals surface area contributed by atoms with Crippen LogP contribution in [0.2, 0.25) is 0 Å². The van der Waals surface area contributed by atoms with Gasteiger partial charge in [0.25, 0.3) is 0 Å². The van der Waals surface area contributed by atoms with Crippen molar-refractivity contribution < 1.29 is 13.2 Å². The first kappa shape index (κ1) is 12.0. The number of hydrogen-bond donors (Lipinski definition) is 1. The van der Waals surface area contributed by atoms with E-state index >= 15 is 0 Å². The quantitative estimate of drug-likeness (QED) is 0.699. The predicted molar refractivity (Wildman–Crippen MR) is 62.0 cm³/mol. The summed E-state index contributed by atoms with van der Waals surface area (Å²) in [7, 11) is 0. The molecule has 0 aliphatic rings. The summed E-state index contributed by atoms with van der Waals surface area (Å²) in [6, 6.07) is 4.28. The summed E-state index contributed by atoms with van der Waals surface area (Å²) in [5.74, 6) is 0. The van der Waals surface area contributed by atoms with E-state index in [0.29, 0.717) is 5.39 Å². The van der Waals surface area contributed by atoms with Crippen LogP contribution in [-0.4, -0.2) is 4.98 Å². The maximum atomic E-state index is 12.8. The largest absolute Gasteiger partial charge is 0.418 e. The number of nitrogens with one attached hydrogen (secondary N) is 1. The van der Waals surface area contributed by atoms with Gasteiger partial charge in [-0.3, -0.25) is 0 Å². The molecule has 0 fully saturated rings. The van der Waals surface area contributed by atoms with Crippen LogP contribution in [0.4, 0.5) is 13.2 Å². The van der Waals surface area contributed by atoms with E-state index in [9.17, 15) is 13.2 Å². The van der Waals surface area contributed by atoms with E-state index in [2.05, 4.69) is 4.98 Å². The van der Waals surface area contributed by atoms with E-state index in [4.69, 9.17) is 0 Å². The number of H-pyrrole nitrogens is 1. The zero-order chi connectivity index (χ0) is 12.8. The molecule has 1 nitrogen and oxygen atoms in total. The Kier molecular flexibility index (Phi) is 2.49. The Morgan fingerprint density at radius 1 is 1.00 bits per heavy atom. The highest BCUT2D eigenvalue weighted by Gasteiger charge is 2.33. The van der Waals surface area contributed by atoms with Crippen LogP contribution < -0.4 is 0 Å². The summed E-state index contributed by atoms with van der Waals surface area (Å²) in [6.07, 6.45) is -2.65. The van der Waals surface area contributed by atoms with Gasteiger partial charge in [0.15, 0.2) is 0 Å². The molecule has 2 rings (SSSR count). The van der Waals surface area contributed by atoms with Gasteiger partial charge in [0.1, 0.15) is 0 Å². The van der Waals surface area contributed by atoms with Crippen molar-refractivity contribution in [2.45, 2.75) is 32.4 Å². The van der Waals surface area contributed by atoms with Crippen LogP contribution in [0.5, 0.6) is 0 Å². The van der Waals surface area contributed by atoms with Crippen molar-refractivity contribution in [1.82, 2.24) is 4.98 Å². The van der Waals surface area contributed by atoms with Crippen molar-refractivity contribution in [3.8, 4) is 0 Å². The molecule has 1 aromatic carbocycles. The first-order chi connectivity index (χ1) is 7.71. The highest BCUT2D eigenvalue weighted by atomic mass is 19.4. The van der Waals surface area contributed by atoms with Crippen molar-refractivity contribution in [2.75, 3.05) is 0 Å².